The van der Waals surface area contributed by atoms with Crippen LogP contribution in [0, 0.1) is 0 Å². The van der Waals surface area contributed by atoms with Crippen LogP contribution in [0.25, 0.3) is 22.3 Å². The fourth-order valence-electron chi connectivity index (χ4n) is 4.99. The molecule has 2 aliphatic heterocycles. The van der Waals surface area contributed by atoms with E-state index in [-0.39, 0.29) is 12.5 Å². The number of imide groups is 1. The minimum absolute atomic E-state index is 0.246. The first-order chi connectivity index (χ1) is 17.0. The Morgan fingerprint density at radius 2 is 1.91 bits per heavy atom. The van der Waals surface area contributed by atoms with E-state index < -0.39 is 11.6 Å². The van der Waals surface area contributed by atoms with Crippen molar-refractivity contribution < 1.29 is 14.3 Å². The summed E-state index contributed by atoms with van der Waals surface area (Å²) in [6.45, 7) is 5.09. The van der Waals surface area contributed by atoms with Crippen LogP contribution in [-0.2, 0) is 16.9 Å². The highest BCUT2D eigenvalue weighted by atomic mass is 16.5. The van der Waals surface area contributed by atoms with Gasteiger partial charge in [0.2, 0.25) is 0 Å². The number of carbonyl (C=O) groups excluding carboxylic acids is 2. The highest BCUT2D eigenvalue weighted by Gasteiger charge is 2.49. The van der Waals surface area contributed by atoms with Gasteiger partial charge >= 0.3 is 6.03 Å². The Hall–Kier alpha value is -4.59. The molecule has 8 nitrogen and oxygen atoms in total. The van der Waals surface area contributed by atoms with E-state index in [9.17, 15) is 9.59 Å². The molecule has 0 unspecified atom stereocenters. The number of nitrogens with zero attached hydrogens (tertiary/aromatic N) is 3. The first kappa shape index (κ1) is 21.0. The molecule has 8 heteroatoms. The SMILES string of the molecule is C=C1c2cc(OC)ccc2CN1C[C@@]1(c2ccc(-c3cnn4ccccc34)cc2)NC(=O)NC1=O. The second kappa shape index (κ2) is 7.73. The lowest BCUT2D eigenvalue weighted by Crippen LogP contribution is -2.51. The highest BCUT2D eigenvalue weighted by Crippen LogP contribution is 2.38. The zero-order valence-electron chi connectivity index (χ0n) is 19.1. The van der Waals surface area contributed by atoms with Crippen LogP contribution in [0.15, 0.2) is 79.6 Å². The van der Waals surface area contributed by atoms with Crippen LogP contribution in [0.4, 0.5) is 4.79 Å². The number of hydrogen-bond donors (Lipinski definition) is 2. The van der Waals surface area contributed by atoms with Crippen molar-refractivity contribution in [2.45, 2.75) is 12.1 Å². The minimum atomic E-state index is -1.24. The van der Waals surface area contributed by atoms with Crippen molar-refractivity contribution in [2.75, 3.05) is 13.7 Å². The molecule has 0 saturated carbocycles. The summed E-state index contributed by atoms with van der Waals surface area (Å²) in [6, 6.07) is 19.0. The van der Waals surface area contributed by atoms with Crippen LogP contribution < -0.4 is 15.4 Å². The van der Waals surface area contributed by atoms with Gasteiger partial charge in [0, 0.05) is 29.6 Å². The number of pyridine rings is 1. The summed E-state index contributed by atoms with van der Waals surface area (Å²) in [4.78, 5) is 27.5. The molecule has 2 aromatic carbocycles. The third-order valence-corrected chi connectivity index (χ3v) is 6.86. The second-order valence-corrected chi connectivity index (χ2v) is 8.81. The zero-order valence-corrected chi connectivity index (χ0v) is 19.1. The van der Waals surface area contributed by atoms with E-state index in [0.717, 1.165) is 39.2 Å². The number of ether oxygens (including phenoxy) is 1. The van der Waals surface area contributed by atoms with Gasteiger partial charge in [-0.3, -0.25) is 10.1 Å². The molecule has 3 amide bonds. The van der Waals surface area contributed by atoms with E-state index >= 15 is 0 Å². The van der Waals surface area contributed by atoms with Crippen LogP contribution in [-0.4, -0.2) is 40.1 Å². The summed E-state index contributed by atoms with van der Waals surface area (Å²) < 4.78 is 7.18. The number of methoxy groups -OCH3 is 1. The largest absolute Gasteiger partial charge is 0.497 e. The number of carbonyl (C=O) groups is 2. The summed E-state index contributed by atoms with van der Waals surface area (Å²) in [7, 11) is 1.63. The molecule has 0 radical (unpaired) electrons. The van der Waals surface area contributed by atoms with Gasteiger partial charge in [0.05, 0.1) is 25.4 Å². The fourth-order valence-corrected chi connectivity index (χ4v) is 4.99. The quantitative estimate of drug-likeness (QED) is 0.441. The molecule has 2 aromatic heterocycles. The Balaban J connectivity index is 1.35. The maximum Gasteiger partial charge on any atom is 0.322 e. The van der Waals surface area contributed by atoms with E-state index in [1.54, 1.807) is 7.11 Å². The van der Waals surface area contributed by atoms with Crippen molar-refractivity contribution in [3.8, 4) is 16.9 Å². The Bertz CT molecular complexity index is 1510. The minimum Gasteiger partial charge on any atom is -0.497 e. The van der Waals surface area contributed by atoms with Crippen LogP contribution in [0.1, 0.15) is 16.7 Å². The maximum atomic E-state index is 13.2. The lowest BCUT2D eigenvalue weighted by atomic mass is 9.88. The number of urea groups is 1. The fraction of sp³-hybridized carbons (Fsp3) is 0.148. The Morgan fingerprint density at radius 3 is 2.66 bits per heavy atom. The standard InChI is InChI=1S/C27H23N5O3/c1-17-22-13-21(35-2)11-8-19(22)15-31(17)16-27(25(33)29-26(34)30-27)20-9-6-18(7-10-20)23-14-28-32-12-4-3-5-24(23)32/h3-14H,1,15-16H2,2H3,(H2,29,30,33,34)/t27-/m0/s1. The number of fused-ring (bicyclic) bond motifs is 2. The molecule has 0 aliphatic carbocycles. The van der Waals surface area contributed by atoms with E-state index in [1.165, 1.54) is 0 Å². The predicted octanol–water partition coefficient (Wildman–Crippen LogP) is 3.53. The number of rotatable bonds is 5. The van der Waals surface area contributed by atoms with Crippen molar-refractivity contribution in [3.63, 3.8) is 0 Å². The van der Waals surface area contributed by atoms with Gasteiger partial charge in [-0.25, -0.2) is 9.31 Å². The third-order valence-electron chi connectivity index (χ3n) is 6.86. The van der Waals surface area contributed by atoms with Gasteiger partial charge in [-0.05, 0) is 41.0 Å². The average molecular weight is 466 g/mol. The van der Waals surface area contributed by atoms with E-state index in [0.29, 0.717) is 12.1 Å². The van der Waals surface area contributed by atoms with E-state index in [1.807, 2.05) is 82.5 Å². The molecular formula is C27H23N5O3. The van der Waals surface area contributed by atoms with Crippen molar-refractivity contribution in [2.24, 2.45) is 0 Å². The van der Waals surface area contributed by atoms with Crippen molar-refractivity contribution in [1.29, 1.82) is 0 Å². The number of benzene rings is 2. The zero-order chi connectivity index (χ0) is 24.2. The molecule has 1 fully saturated rings. The molecule has 4 heterocycles. The summed E-state index contributed by atoms with van der Waals surface area (Å²) in [5.74, 6) is 0.365. The maximum absolute atomic E-state index is 13.2. The molecule has 0 bridgehead atoms. The van der Waals surface area contributed by atoms with Gasteiger partial charge in [0.15, 0.2) is 5.54 Å². The number of nitrogens with one attached hydrogen (secondary N) is 2. The molecule has 35 heavy (non-hydrogen) atoms. The third kappa shape index (κ3) is 3.25. The Kier molecular flexibility index (Phi) is 4.63. The van der Waals surface area contributed by atoms with Gasteiger partial charge in [0.25, 0.3) is 5.91 Å². The molecule has 2 N–H and O–H groups in total. The topological polar surface area (TPSA) is 88.0 Å². The van der Waals surface area contributed by atoms with Crippen LogP contribution in [0.2, 0.25) is 0 Å². The molecule has 1 saturated heterocycles. The van der Waals surface area contributed by atoms with E-state index in [4.69, 9.17) is 4.74 Å². The van der Waals surface area contributed by atoms with Gasteiger partial charge in [-0.1, -0.05) is 43.0 Å². The molecule has 2 aliphatic rings. The van der Waals surface area contributed by atoms with Crippen LogP contribution >= 0.6 is 0 Å². The van der Waals surface area contributed by atoms with Gasteiger partial charge in [-0.15, -0.1) is 0 Å². The first-order valence-corrected chi connectivity index (χ1v) is 11.3. The highest BCUT2D eigenvalue weighted by molar-refractivity contribution is 6.07. The van der Waals surface area contributed by atoms with Crippen molar-refractivity contribution in [3.05, 3.63) is 96.3 Å². The number of aromatic nitrogens is 2. The van der Waals surface area contributed by atoms with Crippen LogP contribution in [0.3, 0.4) is 0 Å². The number of hydrogen-bond acceptors (Lipinski definition) is 5. The molecule has 6 rings (SSSR count). The van der Waals surface area contributed by atoms with Gasteiger partial charge in [-0.2, -0.15) is 5.10 Å². The smallest absolute Gasteiger partial charge is 0.322 e. The molecule has 174 valence electrons. The summed E-state index contributed by atoms with van der Waals surface area (Å²) in [5.41, 5.74) is 5.27. The Labute approximate surface area is 201 Å². The predicted molar refractivity (Wildman–Crippen MR) is 131 cm³/mol. The van der Waals surface area contributed by atoms with E-state index in [2.05, 4.69) is 22.3 Å². The van der Waals surface area contributed by atoms with Crippen LogP contribution in [0.5, 0.6) is 5.75 Å². The first-order valence-electron chi connectivity index (χ1n) is 11.3. The van der Waals surface area contributed by atoms with Gasteiger partial charge in [0.1, 0.15) is 5.75 Å². The second-order valence-electron chi connectivity index (χ2n) is 8.81. The molecule has 4 aromatic rings. The summed E-state index contributed by atoms with van der Waals surface area (Å²) >= 11 is 0. The summed E-state index contributed by atoms with van der Waals surface area (Å²) in [5, 5.41) is 9.72. The van der Waals surface area contributed by atoms with Crippen molar-refractivity contribution >= 4 is 23.2 Å². The lowest BCUT2D eigenvalue weighted by Gasteiger charge is -2.33. The average Bonchev–Trinajstić information content (AvgIpc) is 3.53. The van der Waals surface area contributed by atoms with Gasteiger partial charge < -0.3 is 15.0 Å². The summed E-state index contributed by atoms with van der Waals surface area (Å²) in [6.07, 6.45) is 3.72. The molecular weight excluding hydrogens is 442 g/mol. The molecule has 0 spiro atoms. The van der Waals surface area contributed by atoms with Crippen molar-refractivity contribution in [1.82, 2.24) is 25.1 Å². The normalized spacial score (nSPS) is 19.1. The monoisotopic (exact) mass is 465 g/mol. The Morgan fingerprint density at radius 1 is 1.09 bits per heavy atom. The lowest BCUT2D eigenvalue weighted by molar-refractivity contribution is -0.124. The molecule has 1 atom stereocenters. The number of amides is 3.